The van der Waals surface area contributed by atoms with Crippen LogP contribution < -0.4 is 20.9 Å². The van der Waals surface area contributed by atoms with Crippen molar-refractivity contribution in [2.75, 3.05) is 6.61 Å². The van der Waals surface area contributed by atoms with Gasteiger partial charge in [-0.25, -0.2) is 14.3 Å². The lowest BCUT2D eigenvalue weighted by Crippen LogP contribution is -2.42. The first-order chi connectivity index (χ1) is 17.2. The number of nitrogens with zero attached hydrogens (tertiary/aromatic N) is 1. The number of nitrogens with one attached hydrogen (secondary N) is 2. The van der Waals surface area contributed by atoms with Crippen LogP contribution in [0.5, 0.6) is 5.75 Å². The average Bonchev–Trinajstić information content (AvgIpc) is 3.03. The van der Waals surface area contributed by atoms with Gasteiger partial charge in [0.05, 0.1) is 18.9 Å². The zero-order chi connectivity index (χ0) is 27.5. The van der Waals surface area contributed by atoms with Gasteiger partial charge in [0.1, 0.15) is 24.0 Å². The molecule has 0 radical (unpaired) electrons. The summed E-state index contributed by atoms with van der Waals surface area (Å²) in [6.07, 6.45) is -5.62. The van der Waals surface area contributed by atoms with E-state index in [0.717, 1.165) is 0 Å². The van der Waals surface area contributed by atoms with E-state index < -0.39 is 72.0 Å². The lowest BCUT2D eigenvalue weighted by Gasteiger charge is -2.28. The predicted octanol–water partition coefficient (Wildman–Crippen LogP) is 2.09. The minimum atomic E-state index is -3.58. The lowest BCUT2D eigenvalue weighted by atomic mass is 10.1. The van der Waals surface area contributed by atoms with Crippen molar-refractivity contribution in [3.05, 3.63) is 63.2 Å². The van der Waals surface area contributed by atoms with Gasteiger partial charge in [0.2, 0.25) is 5.82 Å². The number of aromatic amines is 1. The fraction of sp³-hybridized carbons (Fsp3) is 0.476. The van der Waals surface area contributed by atoms with Gasteiger partial charge in [-0.3, -0.25) is 19.1 Å². The number of H-pyrrole nitrogens is 1. The molecule has 1 aromatic heterocycles. The first kappa shape index (κ1) is 29.4. The number of aliphatic hydroxyl groups excluding tert-OH is 1. The monoisotopic (exact) mass is 583 g/mol. The van der Waals surface area contributed by atoms with Crippen LogP contribution in [0.1, 0.15) is 27.0 Å². The Morgan fingerprint density at radius 2 is 2.00 bits per heavy atom. The second kappa shape index (κ2) is 11.7. The number of benzene rings is 1. The SMILES string of the molecule is CC(C)OC(=O)[C@@H](C)N[P@@](=S)(OC[C@H]1O[C@@H](n2cc(F)c(=O)[nH]c2=O)[C@@](F)(Cl)[C@@H]1O)Oc1ccccc1. The number of aromatic nitrogens is 2. The summed E-state index contributed by atoms with van der Waals surface area (Å²) in [7, 11) is 0. The Morgan fingerprint density at radius 1 is 1.35 bits per heavy atom. The van der Waals surface area contributed by atoms with E-state index in [-0.39, 0.29) is 0 Å². The summed E-state index contributed by atoms with van der Waals surface area (Å²) in [5.41, 5.74) is -2.54. The molecule has 2 heterocycles. The van der Waals surface area contributed by atoms with E-state index in [1.807, 2.05) is 0 Å². The third-order valence-corrected chi connectivity index (χ3v) is 7.90. The Balaban J connectivity index is 1.82. The van der Waals surface area contributed by atoms with Crippen molar-refractivity contribution < 1.29 is 37.2 Å². The van der Waals surface area contributed by atoms with Crippen molar-refractivity contribution in [3.63, 3.8) is 0 Å². The summed E-state index contributed by atoms with van der Waals surface area (Å²) in [4.78, 5) is 37.4. The minimum Gasteiger partial charge on any atom is -0.462 e. The molecular weight excluding hydrogens is 559 g/mol. The Bertz CT molecular complexity index is 1280. The van der Waals surface area contributed by atoms with Crippen molar-refractivity contribution in [1.29, 1.82) is 0 Å². The van der Waals surface area contributed by atoms with Gasteiger partial charge in [0.25, 0.3) is 10.7 Å². The zero-order valence-corrected chi connectivity index (χ0v) is 22.3. The van der Waals surface area contributed by atoms with Crippen LogP contribution in [-0.2, 0) is 30.6 Å². The molecule has 1 fully saturated rings. The van der Waals surface area contributed by atoms with Crippen LogP contribution in [0.2, 0.25) is 0 Å². The van der Waals surface area contributed by atoms with Gasteiger partial charge in [-0.05, 0) is 44.7 Å². The maximum atomic E-state index is 15.3. The number of ether oxygens (including phenoxy) is 2. The number of para-hydroxylation sites is 1. The first-order valence-corrected chi connectivity index (χ1v) is 13.9. The van der Waals surface area contributed by atoms with E-state index in [9.17, 15) is 23.9 Å². The molecule has 0 amide bonds. The van der Waals surface area contributed by atoms with Gasteiger partial charge in [0, 0.05) is 0 Å². The Kier molecular flexibility index (Phi) is 9.27. The van der Waals surface area contributed by atoms with E-state index in [2.05, 4.69) is 5.09 Å². The molecule has 1 aliphatic heterocycles. The molecule has 37 heavy (non-hydrogen) atoms. The summed E-state index contributed by atoms with van der Waals surface area (Å²) in [6.45, 7) is 0.619. The van der Waals surface area contributed by atoms with Crippen LogP contribution in [0.15, 0.2) is 46.1 Å². The number of carbonyl (C=O) groups excluding carboxylic acids is 1. The quantitative estimate of drug-likeness (QED) is 0.216. The lowest BCUT2D eigenvalue weighted by molar-refractivity contribution is -0.149. The summed E-state index contributed by atoms with van der Waals surface area (Å²) in [5.74, 6) is -1.74. The largest absolute Gasteiger partial charge is 0.462 e. The van der Waals surface area contributed by atoms with Crippen LogP contribution in [-0.4, -0.2) is 56.7 Å². The maximum absolute atomic E-state index is 15.3. The molecule has 0 spiro atoms. The normalized spacial score (nSPS) is 26.0. The number of alkyl halides is 2. The summed E-state index contributed by atoms with van der Waals surface area (Å²) in [6, 6.07) is 7.28. The molecule has 0 bridgehead atoms. The summed E-state index contributed by atoms with van der Waals surface area (Å²) in [5, 5.41) is 10.1. The fourth-order valence-corrected chi connectivity index (χ4v) is 5.96. The van der Waals surface area contributed by atoms with Crippen LogP contribution in [0, 0.1) is 5.82 Å². The van der Waals surface area contributed by atoms with Gasteiger partial charge in [-0.15, -0.1) is 0 Å². The molecule has 2 aromatic rings. The molecule has 3 N–H and O–H groups in total. The Morgan fingerprint density at radius 3 is 2.62 bits per heavy atom. The topological polar surface area (TPSA) is 141 Å². The van der Waals surface area contributed by atoms with Crippen molar-refractivity contribution >= 4 is 36.0 Å². The van der Waals surface area contributed by atoms with E-state index in [1.165, 1.54) is 6.92 Å². The van der Waals surface area contributed by atoms with Gasteiger partial charge in [-0.2, -0.15) is 4.39 Å². The number of carbonyl (C=O) groups is 1. The zero-order valence-electron chi connectivity index (χ0n) is 19.8. The molecule has 16 heteroatoms. The van der Waals surface area contributed by atoms with E-state index in [4.69, 9.17) is 41.9 Å². The first-order valence-electron chi connectivity index (χ1n) is 10.9. The molecule has 1 saturated heterocycles. The van der Waals surface area contributed by atoms with Crippen LogP contribution in [0.25, 0.3) is 0 Å². The molecule has 1 aliphatic rings. The van der Waals surface area contributed by atoms with Gasteiger partial charge < -0.3 is 23.6 Å². The highest BCUT2D eigenvalue weighted by atomic mass is 35.5. The fourth-order valence-electron chi connectivity index (χ4n) is 3.25. The van der Waals surface area contributed by atoms with E-state index in [0.29, 0.717) is 16.5 Å². The Labute approximate surface area is 219 Å². The van der Waals surface area contributed by atoms with Gasteiger partial charge in [0.15, 0.2) is 6.23 Å². The number of aliphatic hydroxyl groups is 1. The van der Waals surface area contributed by atoms with Crippen LogP contribution >= 0.6 is 18.2 Å². The predicted molar refractivity (Wildman–Crippen MR) is 132 cm³/mol. The van der Waals surface area contributed by atoms with Crippen molar-refractivity contribution in [2.45, 2.75) is 56.5 Å². The minimum absolute atomic E-state index is 0.293. The average molecular weight is 584 g/mol. The van der Waals surface area contributed by atoms with E-state index in [1.54, 1.807) is 49.2 Å². The third kappa shape index (κ3) is 7.02. The molecule has 0 aliphatic carbocycles. The second-order valence-corrected chi connectivity index (χ2v) is 12.0. The highest BCUT2D eigenvalue weighted by molar-refractivity contribution is 8.09. The number of hydrogen-bond donors (Lipinski definition) is 3. The summed E-state index contributed by atoms with van der Waals surface area (Å²) < 4.78 is 51.5. The number of halogens is 3. The highest BCUT2D eigenvalue weighted by Crippen LogP contribution is 2.48. The third-order valence-electron chi connectivity index (χ3n) is 4.99. The second-order valence-electron chi connectivity index (χ2n) is 8.32. The van der Waals surface area contributed by atoms with Crippen LogP contribution in [0.3, 0.4) is 0 Å². The molecule has 0 unspecified atom stereocenters. The number of rotatable bonds is 10. The molecular formula is C21H25ClF2N3O8PS. The molecule has 11 nitrogen and oxygen atoms in total. The van der Waals surface area contributed by atoms with Crippen molar-refractivity contribution in [2.24, 2.45) is 0 Å². The molecule has 204 valence electrons. The molecule has 6 atom stereocenters. The maximum Gasteiger partial charge on any atom is 0.330 e. The van der Waals surface area contributed by atoms with Gasteiger partial charge >= 0.3 is 18.3 Å². The molecule has 1 aromatic carbocycles. The smallest absolute Gasteiger partial charge is 0.330 e. The molecule has 0 saturated carbocycles. The van der Waals surface area contributed by atoms with Crippen LogP contribution in [0.4, 0.5) is 8.78 Å². The number of hydrogen-bond acceptors (Lipinski definition) is 9. The highest BCUT2D eigenvalue weighted by Gasteiger charge is 2.58. The van der Waals surface area contributed by atoms with Gasteiger partial charge in [-0.1, -0.05) is 29.8 Å². The number of esters is 1. The summed E-state index contributed by atoms with van der Waals surface area (Å²) >= 11 is 11.4. The Hall–Kier alpha value is -2.19. The standard InChI is InChI=1S/C21H25ClF2N3O8PS/c1-11(2)33-18(30)12(3)26-36(37,35-13-7-5-4-6-8-13)32-10-15-16(28)21(22,24)19(34-15)27-9-14(23)17(29)25-20(27)31/h4-9,11-12,15-16,19,28H,10H2,1-3H3,(H,26,37)(H,25,29,31)/t12-,15-,16-,19-,21-,36-/m1/s1. The van der Waals surface area contributed by atoms with Crippen molar-refractivity contribution in [3.8, 4) is 5.75 Å². The molecule has 3 rings (SSSR count). The van der Waals surface area contributed by atoms with E-state index >= 15 is 4.39 Å². The van der Waals surface area contributed by atoms with Crippen molar-refractivity contribution in [1.82, 2.24) is 14.6 Å².